The van der Waals surface area contributed by atoms with Crippen LogP contribution in [0.25, 0.3) is 0 Å². The van der Waals surface area contributed by atoms with E-state index in [0.29, 0.717) is 22.0 Å². The summed E-state index contributed by atoms with van der Waals surface area (Å²) in [5.74, 6) is 0. The standard InChI is InChI=1S/C16H17ClN2O2S/c1-12-9-14(17)4-7-16(12)22(20,21)19(15-5-6-15)11-13-3-2-8-18-10-13/h2-4,7-10,15H,5-6,11H2,1H3. The molecule has 3 rings (SSSR count). The largest absolute Gasteiger partial charge is 0.264 e. The van der Waals surface area contributed by atoms with E-state index in [1.54, 1.807) is 41.8 Å². The average molecular weight is 337 g/mol. The summed E-state index contributed by atoms with van der Waals surface area (Å²) in [7, 11) is -3.54. The van der Waals surface area contributed by atoms with Crippen molar-refractivity contribution in [1.82, 2.24) is 9.29 Å². The van der Waals surface area contributed by atoms with Crippen LogP contribution in [0.3, 0.4) is 0 Å². The molecule has 6 heteroatoms. The fourth-order valence-corrected chi connectivity index (χ4v) is 4.58. The zero-order valence-electron chi connectivity index (χ0n) is 12.2. The Hall–Kier alpha value is -1.43. The quantitative estimate of drug-likeness (QED) is 0.840. The normalized spacial score (nSPS) is 15.2. The zero-order valence-corrected chi connectivity index (χ0v) is 13.8. The van der Waals surface area contributed by atoms with Gasteiger partial charge in [-0.25, -0.2) is 8.42 Å². The number of halogens is 1. The highest BCUT2D eigenvalue weighted by Crippen LogP contribution is 2.34. The van der Waals surface area contributed by atoms with Crippen molar-refractivity contribution >= 4 is 21.6 Å². The van der Waals surface area contributed by atoms with E-state index in [-0.39, 0.29) is 6.04 Å². The predicted octanol–water partition coefficient (Wildman–Crippen LogP) is 3.40. The Morgan fingerprint density at radius 1 is 1.32 bits per heavy atom. The Labute approximate surface area is 135 Å². The first-order valence-corrected chi connectivity index (χ1v) is 8.97. The van der Waals surface area contributed by atoms with Crippen LogP contribution in [-0.2, 0) is 16.6 Å². The molecule has 0 unspecified atom stereocenters. The van der Waals surface area contributed by atoms with Gasteiger partial charge in [0.05, 0.1) is 4.90 Å². The molecule has 0 saturated heterocycles. The fraction of sp³-hybridized carbons (Fsp3) is 0.312. The van der Waals surface area contributed by atoms with Crippen molar-refractivity contribution in [3.8, 4) is 0 Å². The van der Waals surface area contributed by atoms with Crippen molar-refractivity contribution in [2.45, 2.75) is 37.2 Å². The molecular weight excluding hydrogens is 320 g/mol. The molecule has 1 aromatic heterocycles. The Morgan fingerprint density at radius 3 is 2.68 bits per heavy atom. The van der Waals surface area contributed by atoms with Crippen LogP contribution in [-0.4, -0.2) is 23.7 Å². The van der Waals surface area contributed by atoms with Crippen LogP contribution in [0.5, 0.6) is 0 Å². The number of rotatable bonds is 5. The Bertz CT molecular complexity index is 774. The molecule has 22 heavy (non-hydrogen) atoms. The van der Waals surface area contributed by atoms with Crippen LogP contribution in [0.15, 0.2) is 47.6 Å². The number of benzene rings is 1. The highest BCUT2D eigenvalue weighted by atomic mass is 35.5. The second kappa shape index (κ2) is 5.99. The Kier molecular flexibility index (Phi) is 4.21. The summed E-state index contributed by atoms with van der Waals surface area (Å²) in [5.41, 5.74) is 1.56. The molecule has 116 valence electrons. The van der Waals surface area contributed by atoms with Gasteiger partial charge in [0.1, 0.15) is 0 Å². The topological polar surface area (TPSA) is 50.3 Å². The fourth-order valence-electron chi connectivity index (χ4n) is 2.47. The molecular formula is C16H17ClN2O2S. The van der Waals surface area contributed by atoms with Gasteiger partial charge in [0.25, 0.3) is 0 Å². The number of hydrogen-bond acceptors (Lipinski definition) is 3. The minimum Gasteiger partial charge on any atom is -0.264 e. The maximum atomic E-state index is 13.0. The van der Waals surface area contributed by atoms with Crippen LogP contribution in [0, 0.1) is 6.92 Å². The van der Waals surface area contributed by atoms with E-state index in [4.69, 9.17) is 11.6 Å². The van der Waals surface area contributed by atoms with Crippen molar-refractivity contribution in [3.05, 3.63) is 58.9 Å². The lowest BCUT2D eigenvalue weighted by Crippen LogP contribution is -2.33. The van der Waals surface area contributed by atoms with Crippen LogP contribution in [0.2, 0.25) is 5.02 Å². The molecule has 0 amide bonds. The van der Waals surface area contributed by atoms with Gasteiger partial charge in [-0.1, -0.05) is 17.7 Å². The first kappa shape index (κ1) is 15.5. The molecule has 0 spiro atoms. The third-order valence-electron chi connectivity index (χ3n) is 3.74. The van der Waals surface area contributed by atoms with Gasteiger partial charge < -0.3 is 0 Å². The van der Waals surface area contributed by atoms with Crippen LogP contribution in [0.1, 0.15) is 24.0 Å². The zero-order chi connectivity index (χ0) is 15.7. The molecule has 4 nitrogen and oxygen atoms in total. The third-order valence-corrected chi connectivity index (χ3v) is 6.03. The van der Waals surface area contributed by atoms with E-state index in [9.17, 15) is 8.42 Å². The number of pyridine rings is 1. The molecule has 1 aliphatic rings. The van der Waals surface area contributed by atoms with E-state index < -0.39 is 10.0 Å². The summed E-state index contributed by atoms with van der Waals surface area (Å²) in [4.78, 5) is 4.39. The summed E-state index contributed by atoms with van der Waals surface area (Å²) in [6.45, 7) is 2.12. The molecule has 0 radical (unpaired) electrons. The van der Waals surface area contributed by atoms with Crippen molar-refractivity contribution in [2.24, 2.45) is 0 Å². The smallest absolute Gasteiger partial charge is 0.243 e. The lowest BCUT2D eigenvalue weighted by Gasteiger charge is -2.23. The van der Waals surface area contributed by atoms with E-state index in [0.717, 1.165) is 18.4 Å². The van der Waals surface area contributed by atoms with Gasteiger partial charge in [0.2, 0.25) is 10.0 Å². The molecule has 0 bridgehead atoms. The molecule has 0 aliphatic heterocycles. The lowest BCUT2D eigenvalue weighted by molar-refractivity contribution is 0.398. The minimum atomic E-state index is -3.54. The van der Waals surface area contributed by atoms with Crippen molar-refractivity contribution in [3.63, 3.8) is 0 Å². The van der Waals surface area contributed by atoms with Gasteiger partial charge in [-0.3, -0.25) is 4.98 Å². The number of aryl methyl sites for hydroxylation is 1. The number of nitrogens with zero attached hydrogens (tertiary/aromatic N) is 2. The number of hydrogen-bond donors (Lipinski definition) is 0. The van der Waals surface area contributed by atoms with Gasteiger partial charge in [-0.2, -0.15) is 4.31 Å². The predicted molar refractivity (Wildman–Crippen MR) is 86.2 cm³/mol. The van der Waals surface area contributed by atoms with Gasteiger partial charge >= 0.3 is 0 Å². The minimum absolute atomic E-state index is 0.0836. The molecule has 0 atom stereocenters. The van der Waals surface area contributed by atoms with Gasteiger partial charge in [-0.15, -0.1) is 0 Å². The highest BCUT2D eigenvalue weighted by Gasteiger charge is 2.38. The molecule has 1 aliphatic carbocycles. The first-order valence-electron chi connectivity index (χ1n) is 7.15. The first-order chi connectivity index (χ1) is 10.5. The maximum absolute atomic E-state index is 13.0. The van der Waals surface area contributed by atoms with E-state index >= 15 is 0 Å². The summed E-state index contributed by atoms with van der Waals surface area (Å²) in [6, 6.07) is 8.69. The highest BCUT2D eigenvalue weighted by molar-refractivity contribution is 7.89. The summed E-state index contributed by atoms with van der Waals surface area (Å²) in [6.07, 6.45) is 5.21. The average Bonchev–Trinajstić information content (AvgIpc) is 3.29. The van der Waals surface area contributed by atoms with Crippen LogP contribution in [0.4, 0.5) is 0 Å². The number of aromatic nitrogens is 1. The summed E-state index contributed by atoms with van der Waals surface area (Å²) >= 11 is 5.93. The van der Waals surface area contributed by atoms with Crippen molar-refractivity contribution < 1.29 is 8.42 Å². The Balaban J connectivity index is 1.96. The molecule has 1 saturated carbocycles. The summed E-state index contributed by atoms with van der Waals surface area (Å²) in [5, 5.41) is 0.543. The molecule has 1 heterocycles. The second-order valence-electron chi connectivity index (χ2n) is 5.55. The third kappa shape index (κ3) is 3.16. The Morgan fingerprint density at radius 2 is 2.09 bits per heavy atom. The van der Waals surface area contributed by atoms with Gasteiger partial charge in [0.15, 0.2) is 0 Å². The van der Waals surface area contributed by atoms with E-state index in [1.165, 1.54) is 0 Å². The molecule has 2 aromatic rings. The van der Waals surface area contributed by atoms with Gasteiger partial charge in [-0.05, 0) is 55.2 Å². The van der Waals surface area contributed by atoms with Crippen LogP contribution >= 0.6 is 11.6 Å². The molecule has 1 aromatic carbocycles. The summed E-state index contributed by atoms with van der Waals surface area (Å²) < 4.78 is 27.6. The SMILES string of the molecule is Cc1cc(Cl)ccc1S(=O)(=O)N(Cc1cccnc1)C1CC1. The maximum Gasteiger partial charge on any atom is 0.243 e. The number of sulfonamides is 1. The monoisotopic (exact) mass is 336 g/mol. The van der Waals surface area contributed by atoms with Crippen molar-refractivity contribution in [2.75, 3.05) is 0 Å². The van der Waals surface area contributed by atoms with Crippen LogP contribution < -0.4 is 0 Å². The van der Waals surface area contributed by atoms with Crippen molar-refractivity contribution in [1.29, 1.82) is 0 Å². The van der Waals surface area contributed by atoms with E-state index in [2.05, 4.69) is 4.98 Å². The lowest BCUT2D eigenvalue weighted by atomic mass is 10.2. The van der Waals surface area contributed by atoms with Gasteiger partial charge in [0, 0.05) is 30.0 Å². The molecule has 1 fully saturated rings. The van der Waals surface area contributed by atoms with E-state index in [1.807, 2.05) is 12.1 Å². The second-order valence-corrected chi connectivity index (χ2v) is 7.85. The molecule has 0 N–H and O–H groups in total.